The summed E-state index contributed by atoms with van der Waals surface area (Å²) in [5.74, 6) is -1.26. The lowest BCUT2D eigenvalue weighted by molar-refractivity contribution is -0.153. The zero-order valence-electron chi connectivity index (χ0n) is 14.4. The molecular formula is C17H12F6N4O2. The third-order valence-corrected chi connectivity index (χ3v) is 3.68. The highest BCUT2D eigenvalue weighted by Gasteiger charge is 2.32. The molecule has 29 heavy (non-hydrogen) atoms. The van der Waals surface area contributed by atoms with Crippen molar-refractivity contribution in [1.82, 2.24) is 20.3 Å². The van der Waals surface area contributed by atoms with Crippen LogP contribution in [0.3, 0.4) is 0 Å². The van der Waals surface area contributed by atoms with Gasteiger partial charge in [-0.3, -0.25) is 4.79 Å². The first-order valence-corrected chi connectivity index (χ1v) is 8.00. The second-order valence-electron chi connectivity index (χ2n) is 5.93. The van der Waals surface area contributed by atoms with Crippen molar-refractivity contribution in [3.63, 3.8) is 0 Å². The quantitative estimate of drug-likeness (QED) is 0.617. The molecule has 0 radical (unpaired) electrons. The lowest BCUT2D eigenvalue weighted by Crippen LogP contribution is -2.25. The van der Waals surface area contributed by atoms with E-state index in [0.717, 1.165) is 18.5 Å². The molecule has 3 rings (SSSR count). The lowest BCUT2D eigenvalue weighted by atomic mass is 10.1. The van der Waals surface area contributed by atoms with Crippen LogP contribution >= 0.6 is 0 Å². The zero-order valence-corrected chi connectivity index (χ0v) is 14.4. The minimum atomic E-state index is -4.52. The Morgan fingerprint density at radius 3 is 2.38 bits per heavy atom. The van der Waals surface area contributed by atoms with Crippen LogP contribution in [0.2, 0.25) is 0 Å². The SMILES string of the molecule is O=C(NCc1ccc2[nH]c(C(F)(F)F)cc2c1)c1ncc(OCC(F)(F)F)cn1. The van der Waals surface area contributed by atoms with Gasteiger partial charge in [-0.1, -0.05) is 6.07 Å². The Morgan fingerprint density at radius 1 is 1.07 bits per heavy atom. The summed E-state index contributed by atoms with van der Waals surface area (Å²) in [5.41, 5.74) is -0.0520. The van der Waals surface area contributed by atoms with Gasteiger partial charge < -0.3 is 15.0 Å². The monoisotopic (exact) mass is 418 g/mol. The maximum atomic E-state index is 12.7. The number of amides is 1. The average molecular weight is 418 g/mol. The highest BCUT2D eigenvalue weighted by molar-refractivity contribution is 5.90. The number of ether oxygens (including phenoxy) is 1. The number of carbonyl (C=O) groups excluding carboxylic acids is 1. The van der Waals surface area contributed by atoms with Crippen LogP contribution in [0.4, 0.5) is 26.3 Å². The molecule has 2 heterocycles. The lowest BCUT2D eigenvalue weighted by Gasteiger charge is -2.09. The number of aromatic nitrogens is 3. The standard InChI is InChI=1S/C17H12F6N4O2/c18-16(19,20)8-29-11-6-24-14(25-7-11)15(28)26-5-9-1-2-12-10(3-9)4-13(27-12)17(21,22)23/h1-4,6-7,27H,5,8H2,(H,26,28). The van der Waals surface area contributed by atoms with Gasteiger partial charge in [0.15, 0.2) is 12.4 Å². The predicted octanol–water partition coefficient (Wildman–Crippen LogP) is 3.85. The number of hydrogen-bond donors (Lipinski definition) is 2. The molecule has 0 unspecified atom stereocenters. The molecule has 2 N–H and O–H groups in total. The molecule has 0 aliphatic carbocycles. The molecule has 0 aliphatic heterocycles. The van der Waals surface area contributed by atoms with Gasteiger partial charge in [0.2, 0.25) is 5.82 Å². The van der Waals surface area contributed by atoms with Crippen molar-refractivity contribution in [2.75, 3.05) is 6.61 Å². The Balaban J connectivity index is 1.61. The van der Waals surface area contributed by atoms with Gasteiger partial charge >= 0.3 is 12.4 Å². The molecule has 0 saturated heterocycles. The number of hydrogen-bond acceptors (Lipinski definition) is 4. The summed E-state index contributed by atoms with van der Waals surface area (Å²) < 4.78 is 78.9. The van der Waals surface area contributed by atoms with Crippen LogP contribution in [0.1, 0.15) is 21.9 Å². The van der Waals surface area contributed by atoms with E-state index in [0.29, 0.717) is 16.5 Å². The average Bonchev–Trinajstić information content (AvgIpc) is 3.08. The molecule has 1 amide bonds. The minimum absolute atomic E-state index is 0.0169. The summed E-state index contributed by atoms with van der Waals surface area (Å²) in [5, 5.41) is 2.80. The highest BCUT2D eigenvalue weighted by atomic mass is 19.4. The second-order valence-corrected chi connectivity index (χ2v) is 5.93. The molecule has 0 spiro atoms. The largest absolute Gasteiger partial charge is 0.481 e. The normalized spacial score (nSPS) is 12.2. The highest BCUT2D eigenvalue weighted by Crippen LogP contribution is 2.31. The third-order valence-electron chi connectivity index (χ3n) is 3.68. The van der Waals surface area contributed by atoms with Crippen LogP contribution in [0.15, 0.2) is 36.7 Å². The molecule has 154 valence electrons. The molecule has 12 heteroatoms. The predicted molar refractivity (Wildman–Crippen MR) is 88.1 cm³/mol. The first kappa shape index (κ1) is 20.4. The Labute approximate surface area is 158 Å². The van der Waals surface area contributed by atoms with Crippen LogP contribution in [-0.2, 0) is 12.7 Å². The van der Waals surface area contributed by atoms with Crippen LogP contribution in [0.5, 0.6) is 5.75 Å². The minimum Gasteiger partial charge on any atom is -0.481 e. The first-order chi connectivity index (χ1) is 13.5. The van der Waals surface area contributed by atoms with Crippen molar-refractivity contribution in [3.8, 4) is 5.75 Å². The van der Waals surface area contributed by atoms with Gasteiger partial charge in [-0.05, 0) is 23.8 Å². The first-order valence-electron chi connectivity index (χ1n) is 8.00. The summed E-state index contributed by atoms with van der Waals surface area (Å²) in [6, 6.07) is 5.43. The third kappa shape index (κ3) is 5.36. The van der Waals surface area contributed by atoms with E-state index in [9.17, 15) is 31.1 Å². The smallest absolute Gasteiger partial charge is 0.431 e. The Hall–Kier alpha value is -3.31. The number of nitrogens with one attached hydrogen (secondary N) is 2. The maximum absolute atomic E-state index is 12.7. The number of nitrogens with zero attached hydrogens (tertiary/aromatic N) is 2. The summed E-state index contributed by atoms with van der Waals surface area (Å²) in [7, 11) is 0. The van der Waals surface area contributed by atoms with Crippen molar-refractivity contribution >= 4 is 16.8 Å². The fraction of sp³-hybridized carbons (Fsp3) is 0.235. The molecule has 3 aromatic rings. The van der Waals surface area contributed by atoms with Crippen molar-refractivity contribution in [2.45, 2.75) is 18.9 Å². The number of halogens is 6. The Bertz CT molecular complexity index is 1010. The van der Waals surface area contributed by atoms with E-state index in [2.05, 4.69) is 25.0 Å². The number of alkyl halides is 6. The molecule has 0 atom stereocenters. The van der Waals surface area contributed by atoms with Gasteiger partial charge in [0, 0.05) is 17.4 Å². The van der Waals surface area contributed by atoms with E-state index in [4.69, 9.17) is 0 Å². The van der Waals surface area contributed by atoms with E-state index in [-0.39, 0.29) is 18.1 Å². The van der Waals surface area contributed by atoms with Crippen molar-refractivity contribution < 1.29 is 35.9 Å². The van der Waals surface area contributed by atoms with Gasteiger partial charge in [-0.25, -0.2) is 9.97 Å². The van der Waals surface area contributed by atoms with Gasteiger partial charge in [0.25, 0.3) is 5.91 Å². The summed E-state index contributed by atoms with van der Waals surface area (Å²) in [6.45, 7) is -1.53. The number of aromatic amines is 1. The molecule has 0 aliphatic rings. The molecule has 2 aromatic heterocycles. The van der Waals surface area contributed by atoms with Crippen molar-refractivity contribution in [1.29, 1.82) is 0 Å². The van der Waals surface area contributed by atoms with Crippen LogP contribution in [0.25, 0.3) is 10.9 Å². The molecule has 0 fully saturated rings. The van der Waals surface area contributed by atoms with E-state index in [1.165, 1.54) is 18.2 Å². The van der Waals surface area contributed by atoms with Crippen LogP contribution in [-0.4, -0.2) is 33.6 Å². The van der Waals surface area contributed by atoms with E-state index >= 15 is 0 Å². The zero-order chi connectivity index (χ0) is 21.2. The van der Waals surface area contributed by atoms with E-state index in [1.54, 1.807) is 0 Å². The number of benzene rings is 1. The van der Waals surface area contributed by atoms with E-state index in [1.807, 2.05) is 0 Å². The summed E-state index contributed by atoms with van der Waals surface area (Å²) >= 11 is 0. The van der Waals surface area contributed by atoms with E-state index < -0.39 is 30.6 Å². The van der Waals surface area contributed by atoms with Gasteiger partial charge in [0.05, 0.1) is 12.4 Å². The Morgan fingerprint density at radius 2 is 1.76 bits per heavy atom. The van der Waals surface area contributed by atoms with Crippen LogP contribution < -0.4 is 10.1 Å². The number of carbonyl (C=O) groups is 1. The second kappa shape index (κ2) is 7.60. The molecule has 6 nitrogen and oxygen atoms in total. The molecule has 1 aromatic carbocycles. The fourth-order valence-corrected chi connectivity index (χ4v) is 2.38. The van der Waals surface area contributed by atoms with Gasteiger partial charge in [0.1, 0.15) is 5.69 Å². The molecule has 0 bridgehead atoms. The topological polar surface area (TPSA) is 79.9 Å². The number of fused-ring (bicyclic) bond motifs is 1. The molecular weight excluding hydrogens is 406 g/mol. The van der Waals surface area contributed by atoms with Gasteiger partial charge in [-0.15, -0.1) is 0 Å². The van der Waals surface area contributed by atoms with Gasteiger partial charge in [-0.2, -0.15) is 26.3 Å². The number of H-pyrrole nitrogens is 1. The summed E-state index contributed by atoms with van der Waals surface area (Å²) in [4.78, 5) is 21.6. The van der Waals surface area contributed by atoms with Crippen molar-refractivity contribution in [3.05, 3.63) is 53.7 Å². The Kier molecular flexibility index (Phi) is 5.36. The van der Waals surface area contributed by atoms with Crippen LogP contribution in [0, 0.1) is 0 Å². The maximum Gasteiger partial charge on any atom is 0.431 e. The molecule has 0 saturated carbocycles. The van der Waals surface area contributed by atoms with Crippen molar-refractivity contribution in [2.24, 2.45) is 0 Å². The summed E-state index contributed by atoms with van der Waals surface area (Å²) in [6.07, 6.45) is -7.16. The number of rotatable bonds is 5. The fourth-order valence-electron chi connectivity index (χ4n) is 2.38.